The molecular formula is C17H22N6OS. The summed E-state index contributed by atoms with van der Waals surface area (Å²) in [7, 11) is 0. The number of benzene rings is 1. The fourth-order valence-corrected chi connectivity index (χ4v) is 3.47. The molecule has 0 spiro atoms. The highest BCUT2D eigenvalue weighted by atomic mass is 32.2. The highest BCUT2D eigenvalue weighted by Crippen LogP contribution is 2.18. The Hall–Kier alpha value is -2.35. The molecule has 0 unspecified atom stereocenters. The molecule has 8 heteroatoms. The van der Waals surface area contributed by atoms with Gasteiger partial charge in [-0.25, -0.2) is 0 Å². The Labute approximate surface area is 151 Å². The van der Waals surface area contributed by atoms with Crippen molar-refractivity contribution in [3.63, 3.8) is 0 Å². The van der Waals surface area contributed by atoms with Crippen molar-refractivity contribution in [1.82, 2.24) is 20.3 Å². The second-order valence-corrected chi connectivity index (χ2v) is 6.95. The molecule has 1 aromatic carbocycles. The minimum Gasteiger partial charge on any atom is -0.368 e. The number of nitrogens with two attached hydrogens (primary N) is 1. The first kappa shape index (κ1) is 17.5. The van der Waals surface area contributed by atoms with E-state index in [1.165, 1.54) is 24.6 Å². The van der Waals surface area contributed by atoms with E-state index in [-0.39, 0.29) is 11.9 Å². The van der Waals surface area contributed by atoms with Gasteiger partial charge in [0.2, 0.25) is 17.8 Å². The molecular weight excluding hydrogens is 336 g/mol. The van der Waals surface area contributed by atoms with Gasteiger partial charge in [0.15, 0.2) is 0 Å². The standard InChI is InChI=1S/C17H22N6OS/c18-16-21-14(10-25-11-15(24)19-12-8-4-5-9-12)22-17(23-16)20-13-6-2-1-3-7-13/h1-3,6-7,12H,4-5,8-11H2,(H,19,24)(H3,18,20,21,22,23). The van der Waals surface area contributed by atoms with Gasteiger partial charge in [0.1, 0.15) is 5.82 Å². The smallest absolute Gasteiger partial charge is 0.232 e. The molecule has 0 atom stereocenters. The van der Waals surface area contributed by atoms with Crippen LogP contribution < -0.4 is 16.4 Å². The van der Waals surface area contributed by atoms with E-state index in [4.69, 9.17) is 5.73 Å². The molecule has 0 saturated heterocycles. The van der Waals surface area contributed by atoms with Crippen LogP contribution in [-0.2, 0) is 10.5 Å². The summed E-state index contributed by atoms with van der Waals surface area (Å²) in [5.41, 5.74) is 6.64. The number of nitrogens with zero attached hydrogens (tertiary/aromatic N) is 3. The van der Waals surface area contributed by atoms with Crippen molar-refractivity contribution in [3.05, 3.63) is 36.2 Å². The number of thioether (sulfide) groups is 1. The van der Waals surface area contributed by atoms with Crippen molar-refractivity contribution in [2.75, 3.05) is 16.8 Å². The van der Waals surface area contributed by atoms with Gasteiger partial charge >= 0.3 is 0 Å². The van der Waals surface area contributed by atoms with Gasteiger partial charge in [-0.2, -0.15) is 15.0 Å². The van der Waals surface area contributed by atoms with Gasteiger partial charge in [-0.05, 0) is 25.0 Å². The van der Waals surface area contributed by atoms with Gasteiger partial charge < -0.3 is 16.4 Å². The maximum atomic E-state index is 11.9. The van der Waals surface area contributed by atoms with E-state index in [0.717, 1.165) is 18.5 Å². The number of para-hydroxylation sites is 1. The number of aromatic nitrogens is 3. The molecule has 1 heterocycles. The summed E-state index contributed by atoms with van der Waals surface area (Å²) in [4.78, 5) is 24.5. The van der Waals surface area contributed by atoms with Crippen LogP contribution in [0.2, 0.25) is 0 Å². The van der Waals surface area contributed by atoms with Crippen LogP contribution in [0.5, 0.6) is 0 Å². The summed E-state index contributed by atoms with van der Waals surface area (Å²) in [5.74, 6) is 2.10. The second-order valence-electron chi connectivity index (χ2n) is 5.97. The molecule has 1 aliphatic carbocycles. The molecule has 2 aromatic rings. The van der Waals surface area contributed by atoms with Crippen molar-refractivity contribution in [1.29, 1.82) is 0 Å². The number of nitrogen functional groups attached to an aromatic ring is 1. The van der Waals surface area contributed by atoms with Crippen LogP contribution in [-0.4, -0.2) is 32.7 Å². The maximum absolute atomic E-state index is 11.9. The van der Waals surface area contributed by atoms with Gasteiger partial charge in [0, 0.05) is 11.7 Å². The lowest BCUT2D eigenvalue weighted by Crippen LogP contribution is -2.33. The first-order valence-corrected chi connectivity index (χ1v) is 9.54. The Morgan fingerprint density at radius 2 is 1.92 bits per heavy atom. The molecule has 0 aliphatic heterocycles. The average Bonchev–Trinajstić information content (AvgIpc) is 3.08. The summed E-state index contributed by atoms with van der Waals surface area (Å²) in [5, 5.41) is 6.17. The molecule has 4 N–H and O–H groups in total. The Morgan fingerprint density at radius 3 is 2.68 bits per heavy atom. The summed E-state index contributed by atoms with van der Waals surface area (Å²) in [6.45, 7) is 0. The fraction of sp³-hybridized carbons (Fsp3) is 0.412. The zero-order valence-corrected chi connectivity index (χ0v) is 14.8. The summed E-state index contributed by atoms with van der Waals surface area (Å²) in [6.07, 6.45) is 4.60. The molecule has 25 heavy (non-hydrogen) atoms. The average molecular weight is 358 g/mol. The third-order valence-electron chi connectivity index (χ3n) is 3.91. The zero-order valence-electron chi connectivity index (χ0n) is 13.9. The molecule has 1 saturated carbocycles. The van der Waals surface area contributed by atoms with E-state index >= 15 is 0 Å². The zero-order chi connectivity index (χ0) is 17.5. The SMILES string of the molecule is Nc1nc(CSCC(=O)NC2CCCC2)nc(Nc2ccccc2)n1. The molecule has 0 bridgehead atoms. The van der Waals surface area contributed by atoms with Crippen LogP contribution in [0.4, 0.5) is 17.6 Å². The Kier molecular flexibility index (Phi) is 6.05. The number of hydrogen-bond donors (Lipinski definition) is 3. The lowest BCUT2D eigenvalue weighted by Gasteiger charge is -2.11. The molecule has 0 radical (unpaired) electrons. The Balaban J connectivity index is 1.51. The van der Waals surface area contributed by atoms with Crippen molar-refractivity contribution in [3.8, 4) is 0 Å². The molecule has 1 aliphatic rings. The lowest BCUT2D eigenvalue weighted by atomic mass is 10.2. The predicted molar refractivity (Wildman–Crippen MR) is 101 cm³/mol. The van der Waals surface area contributed by atoms with Crippen molar-refractivity contribution >= 4 is 35.3 Å². The first-order valence-electron chi connectivity index (χ1n) is 8.38. The summed E-state index contributed by atoms with van der Waals surface area (Å²) < 4.78 is 0. The van der Waals surface area contributed by atoms with Crippen molar-refractivity contribution in [2.24, 2.45) is 0 Å². The van der Waals surface area contributed by atoms with E-state index in [2.05, 4.69) is 25.6 Å². The van der Waals surface area contributed by atoms with Gasteiger partial charge in [0.05, 0.1) is 11.5 Å². The van der Waals surface area contributed by atoms with E-state index in [1.54, 1.807) is 0 Å². The van der Waals surface area contributed by atoms with Gasteiger partial charge in [-0.3, -0.25) is 4.79 Å². The number of carbonyl (C=O) groups excluding carboxylic acids is 1. The summed E-state index contributed by atoms with van der Waals surface area (Å²) >= 11 is 1.47. The predicted octanol–water partition coefficient (Wildman–Crippen LogP) is 2.49. The van der Waals surface area contributed by atoms with Gasteiger partial charge in [-0.1, -0.05) is 31.0 Å². The Bertz CT molecular complexity index is 706. The highest BCUT2D eigenvalue weighted by molar-refractivity contribution is 7.99. The van der Waals surface area contributed by atoms with Crippen LogP contribution in [0.3, 0.4) is 0 Å². The lowest BCUT2D eigenvalue weighted by molar-refractivity contribution is -0.119. The third kappa shape index (κ3) is 5.60. The van der Waals surface area contributed by atoms with Crippen LogP contribution in [0.15, 0.2) is 30.3 Å². The van der Waals surface area contributed by atoms with Crippen LogP contribution in [0, 0.1) is 0 Å². The number of anilines is 3. The van der Waals surface area contributed by atoms with Crippen LogP contribution >= 0.6 is 11.8 Å². The minimum atomic E-state index is 0.0709. The molecule has 3 rings (SSSR count). The van der Waals surface area contributed by atoms with Crippen molar-refractivity contribution < 1.29 is 4.79 Å². The topological polar surface area (TPSA) is 106 Å². The Morgan fingerprint density at radius 1 is 1.16 bits per heavy atom. The van der Waals surface area contributed by atoms with E-state index in [1.807, 2.05) is 30.3 Å². The number of amides is 1. The van der Waals surface area contributed by atoms with E-state index in [0.29, 0.717) is 29.3 Å². The highest BCUT2D eigenvalue weighted by Gasteiger charge is 2.17. The third-order valence-corrected chi connectivity index (χ3v) is 4.84. The second kappa shape index (κ2) is 8.66. The molecule has 1 amide bonds. The number of nitrogens with one attached hydrogen (secondary N) is 2. The molecule has 1 fully saturated rings. The molecule has 1 aromatic heterocycles. The summed E-state index contributed by atoms with van der Waals surface area (Å²) in [6, 6.07) is 9.97. The normalized spacial score (nSPS) is 14.4. The quantitative estimate of drug-likeness (QED) is 0.698. The maximum Gasteiger partial charge on any atom is 0.232 e. The van der Waals surface area contributed by atoms with Gasteiger partial charge in [0.25, 0.3) is 0 Å². The van der Waals surface area contributed by atoms with Crippen molar-refractivity contribution in [2.45, 2.75) is 37.5 Å². The van der Waals surface area contributed by atoms with Crippen LogP contribution in [0.25, 0.3) is 0 Å². The number of rotatable bonds is 7. The largest absolute Gasteiger partial charge is 0.368 e. The van der Waals surface area contributed by atoms with Gasteiger partial charge in [-0.15, -0.1) is 11.8 Å². The monoisotopic (exact) mass is 358 g/mol. The molecule has 7 nitrogen and oxygen atoms in total. The first-order chi connectivity index (χ1) is 12.2. The van der Waals surface area contributed by atoms with E-state index < -0.39 is 0 Å². The van der Waals surface area contributed by atoms with Crippen LogP contribution in [0.1, 0.15) is 31.5 Å². The minimum absolute atomic E-state index is 0.0709. The number of hydrogen-bond acceptors (Lipinski definition) is 7. The number of carbonyl (C=O) groups is 1. The van der Waals surface area contributed by atoms with E-state index in [9.17, 15) is 4.79 Å². The molecule has 132 valence electrons. The fourth-order valence-electron chi connectivity index (χ4n) is 2.78.